The highest BCUT2D eigenvalue weighted by Gasteiger charge is 2.73. The molecule has 0 unspecified atom stereocenters. The van der Waals surface area contributed by atoms with Crippen LogP contribution in [0.2, 0.25) is 0 Å². The summed E-state index contributed by atoms with van der Waals surface area (Å²) in [6.07, 6.45) is 1.83. The number of hydrogen-bond acceptors (Lipinski definition) is 6. The molecule has 178 valence electrons. The lowest BCUT2D eigenvalue weighted by Gasteiger charge is -2.31. The Labute approximate surface area is 208 Å². The Bertz CT molecular complexity index is 1520. The van der Waals surface area contributed by atoms with E-state index in [0.717, 1.165) is 0 Å². The molecule has 3 aliphatic heterocycles. The largest absolute Gasteiger partial charge is 0.493 e. The zero-order chi connectivity index (χ0) is 25.1. The number of ether oxygens (including phenoxy) is 2. The van der Waals surface area contributed by atoms with Crippen LogP contribution in [0.5, 0.6) is 5.75 Å². The number of fused-ring (bicyclic) bond motifs is 6. The van der Waals surface area contributed by atoms with Crippen molar-refractivity contribution >= 4 is 28.3 Å². The fourth-order valence-electron chi connectivity index (χ4n) is 6.42. The molecule has 3 aromatic rings. The minimum absolute atomic E-state index is 0.244. The molecule has 3 saturated heterocycles. The smallest absolute Gasteiger partial charge is 0.240 e. The molecule has 0 saturated carbocycles. The van der Waals surface area contributed by atoms with E-state index in [9.17, 15) is 14.9 Å². The standard InChI is InChI=1S/C29H23N3O4/c1-28-11-12-29(36-28,13-14-35-20-6-4-5-18(15-20)16-30)25-24(28)26(33)32(27(25)34)23-10-9-19(17-31)21-7-2-3-8-22(21)23/h2-10,15,24-25H,11-14H2,1H3/t24-,25+,28-,29-/m0/s1. The molecule has 0 aromatic heterocycles. The molecule has 7 heteroatoms. The number of anilines is 1. The Morgan fingerprint density at radius 2 is 1.75 bits per heavy atom. The molecule has 7 nitrogen and oxygen atoms in total. The topological polar surface area (TPSA) is 103 Å². The maximum Gasteiger partial charge on any atom is 0.240 e. The zero-order valence-corrected chi connectivity index (χ0v) is 19.7. The molecule has 3 aliphatic rings. The van der Waals surface area contributed by atoms with Gasteiger partial charge in [-0.25, -0.2) is 4.90 Å². The summed E-state index contributed by atoms with van der Waals surface area (Å²) in [5, 5.41) is 20.1. The molecular formula is C29H23N3O4. The lowest BCUT2D eigenvalue weighted by Crippen LogP contribution is -2.43. The number of hydrogen-bond donors (Lipinski definition) is 0. The summed E-state index contributed by atoms with van der Waals surface area (Å²) >= 11 is 0. The molecule has 2 amide bonds. The van der Waals surface area contributed by atoms with E-state index in [1.54, 1.807) is 36.4 Å². The first-order valence-electron chi connectivity index (χ1n) is 12.0. The first-order chi connectivity index (χ1) is 17.4. The molecule has 0 aliphatic carbocycles. The SMILES string of the molecule is C[C@@]12CC[C@@](CCOc3cccc(C#N)c3)(O1)[C@H]1C(=O)N(c3ccc(C#N)c4ccccc34)C(=O)[C@H]12. The quantitative estimate of drug-likeness (QED) is 0.502. The van der Waals surface area contributed by atoms with E-state index in [2.05, 4.69) is 12.1 Å². The van der Waals surface area contributed by atoms with Crippen molar-refractivity contribution in [1.29, 1.82) is 10.5 Å². The summed E-state index contributed by atoms with van der Waals surface area (Å²) in [5.41, 5.74) is 0.0266. The highest BCUT2D eigenvalue weighted by Crippen LogP contribution is 2.62. The van der Waals surface area contributed by atoms with E-state index >= 15 is 0 Å². The van der Waals surface area contributed by atoms with Crippen LogP contribution in [0.3, 0.4) is 0 Å². The number of nitriles is 2. The van der Waals surface area contributed by atoms with Gasteiger partial charge in [0.15, 0.2) is 0 Å². The molecular weight excluding hydrogens is 454 g/mol. The van der Waals surface area contributed by atoms with Crippen LogP contribution in [0.4, 0.5) is 5.69 Å². The maximum atomic E-state index is 13.9. The Morgan fingerprint density at radius 1 is 0.972 bits per heavy atom. The number of nitrogens with zero attached hydrogens (tertiary/aromatic N) is 3. The number of carbonyl (C=O) groups excluding carboxylic acids is 2. The fraction of sp³-hybridized carbons (Fsp3) is 0.310. The minimum atomic E-state index is -0.782. The Hall–Kier alpha value is -4.20. The monoisotopic (exact) mass is 477 g/mol. The van der Waals surface area contributed by atoms with Gasteiger partial charge in [0.05, 0.1) is 58.6 Å². The molecule has 6 rings (SSSR count). The highest BCUT2D eigenvalue weighted by molar-refractivity contribution is 6.26. The van der Waals surface area contributed by atoms with Gasteiger partial charge in [-0.15, -0.1) is 0 Å². The molecule has 3 fully saturated rings. The van der Waals surface area contributed by atoms with Gasteiger partial charge in [-0.1, -0.05) is 30.3 Å². The van der Waals surface area contributed by atoms with Gasteiger partial charge in [-0.05, 0) is 50.1 Å². The van der Waals surface area contributed by atoms with Crippen LogP contribution in [-0.2, 0) is 14.3 Å². The summed E-state index contributed by atoms with van der Waals surface area (Å²) in [5.74, 6) is -1.07. The van der Waals surface area contributed by atoms with Crippen LogP contribution in [0.25, 0.3) is 10.8 Å². The van der Waals surface area contributed by atoms with Crippen LogP contribution in [-0.4, -0.2) is 29.6 Å². The van der Waals surface area contributed by atoms with Crippen LogP contribution in [0.15, 0.2) is 60.7 Å². The number of amides is 2. The first-order valence-corrected chi connectivity index (χ1v) is 12.0. The van der Waals surface area contributed by atoms with Crippen molar-refractivity contribution in [2.75, 3.05) is 11.5 Å². The third kappa shape index (κ3) is 3.07. The van der Waals surface area contributed by atoms with E-state index in [0.29, 0.717) is 59.2 Å². The van der Waals surface area contributed by atoms with E-state index in [1.807, 2.05) is 31.2 Å². The number of rotatable bonds is 5. The van der Waals surface area contributed by atoms with E-state index in [4.69, 9.17) is 14.7 Å². The van der Waals surface area contributed by atoms with Crippen molar-refractivity contribution < 1.29 is 19.1 Å². The second-order valence-corrected chi connectivity index (χ2v) is 9.97. The lowest BCUT2D eigenvalue weighted by molar-refractivity contribution is -0.131. The molecule has 3 aromatic carbocycles. The highest BCUT2D eigenvalue weighted by atomic mass is 16.5. The summed E-state index contributed by atoms with van der Waals surface area (Å²) in [7, 11) is 0. The van der Waals surface area contributed by atoms with Crippen molar-refractivity contribution in [2.24, 2.45) is 11.8 Å². The van der Waals surface area contributed by atoms with Gasteiger partial charge in [0.25, 0.3) is 0 Å². The number of carbonyl (C=O) groups is 2. The van der Waals surface area contributed by atoms with E-state index in [-0.39, 0.29) is 11.8 Å². The van der Waals surface area contributed by atoms with Crippen LogP contribution < -0.4 is 9.64 Å². The fourth-order valence-corrected chi connectivity index (χ4v) is 6.42. The summed E-state index contributed by atoms with van der Waals surface area (Å²) in [4.78, 5) is 29.0. The summed E-state index contributed by atoms with van der Waals surface area (Å²) < 4.78 is 12.4. The van der Waals surface area contributed by atoms with Crippen molar-refractivity contribution in [1.82, 2.24) is 0 Å². The Kier molecular flexibility index (Phi) is 4.90. The van der Waals surface area contributed by atoms with Crippen molar-refractivity contribution in [3.05, 3.63) is 71.8 Å². The van der Waals surface area contributed by atoms with Gasteiger partial charge < -0.3 is 9.47 Å². The van der Waals surface area contributed by atoms with Crippen molar-refractivity contribution in [3.8, 4) is 17.9 Å². The predicted molar refractivity (Wildman–Crippen MR) is 131 cm³/mol. The summed E-state index contributed by atoms with van der Waals surface area (Å²) in [6.45, 7) is 2.23. The van der Waals surface area contributed by atoms with Crippen LogP contribution in [0.1, 0.15) is 37.3 Å². The maximum absolute atomic E-state index is 13.9. The average molecular weight is 478 g/mol. The summed E-state index contributed by atoms with van der Waals surface area (Å²) in [6, 6.07) is 21.9. The van der Waals surface area contributed by atoms with E-state index < -0.39 is 23.0 Å². The Morgan fingerprint density at radius 3 is 2.53 bits per heavy atom. The van der Waals surface area contributed by atoms with Crippen molar-refractivity contribution in [2.45, 2.75) is 37.4 Å². The second-order valence-electron chi connectivity index (χ2n) is 9.97. The van der Waals surface area contributed by atoms with Crippen LogP contribution >= 0.6 is 0 Å². The van der Waals surface area contributed by atoms with Crippen molar-refractivity contribution in [3.63, 3.8) is 0 Å². The predicted octanol–water partition coefficient (Wildman–Crippen LogP) is 4.48. The zero-order valence-electron chi connectivity index (χ0n) is 19.7. The molecule has 0 radical (unpaired) electrons. The van der Waals surface area contributed by atoms with Gasteiger partial charge in [-0.2, -0.15) is 10.5 Å². The minimum Gasteiger partial charge on any atom is -0.493 e. The van der Waals surface area contributed by atoms with E-state index in [1.165, 1.54) is 4.90 Å². The van der Waals surface area contributed by atoms with Crippen LogP contribution in [0, 0.1) is 34.5 Å². The Balaban J connectivity index is 1.32. The average Bonchev–Trinajstić information content (AvgIpc) is 3.48. The molecule has 4 atom stereocenters. The molecule has 3 heterocycles. The number of benzene rings is 3. The second kappa shape index (κ2) is 7.91. The van der Waals surface area contributed by atoms with Gasteiger partial charge in [0, 0.05) is 17.2 Å². The van der Waals surface area contributed by atoms with Gasteiger partial charge in [0.2, 0.25) is 11.8 Å². The lowest BCUT2D eigenvalue weighted by atomic mass is 9.67. The van der Waals surface area contributed by atoms with Gasteiger partial charge in [0.1, 0.15) is 5.75 Å². The normalized spacial score (nSPS) is 28.2. The van der Waals surface area contributed by atoms with Gasteiger partial charge in [-0.3, -0.25) is 9.59 Å². The third-order valence-corrected chi connectivity index (χ3v) is 8.03. The third-order valence-electron chi connectivity index (χ3n) is 8.03. The first kappa shape index (κ1) is 22.3. The number of imide groups is 1. The molecule has 36 heavy (non-hydrogen) atoms. The molecule has 0 N–H and O–H groups in total. The molecule has 0 spiro atoms. The van der Waals surface area contributed by atoms with Gasteiger partial charge >= 0.3 is 0 Å². The molecule has 2 bridgehead atoms.